The van der Waals surface area contributed by atoms with E-state index in [1.54, 1.807) is 33.4 Å². The van der Waals surface area contributed by atoms with E-state index in [1.807, 2.05) is 0 Å². The Hall–Kier alpha value is -3.34. The number of anilines is 2. The first-order valence-electron chi connectivity index (χ1n) is 9.93. The topological polar surface area (TPSA) is 113 Å². The van der Waals surface area contributed by atoms with Crippen LogP contribution in [0.3, 0.4) is 0 Å². The number of nitrogens with zero attached hydrogens (tertiary/aromatic N) is 3. The lowest BCUT2D eigenvalue weighted by Crippen LogP contribution is -2.51. The predicted octanol–water partition coefficient (Wildman–Crippen LogP) is 1.79. The Morgan fingerprint density at radius 3 is 2.48 bits per heavy atom. The lowest BCUT2D eigenvalue weighted by atomic mass is 10.2. The molecule has 1 aromatic heterocycles. The van der Waals surface area contributed by atoms with Gasteiger partial charge in [0.25, 0.3) is 0 Å². The molecule has 2 aliphatic heterocycles. The molecule has 0 aliphatic carbocycles. The molecule has 2 aliphatic rings. The summed E-state index contributed by atoms with van der Waals surface area (Å²) in [5.74, 6) is 1.05. The average molecular weight is 446 g/mol. The van der Waals surface area contributed by atoms with Gasteiger partial charge in [0.15, 0.2) is 16.6 Å². The molecule has 4 rings (SSSR count). The third kappa shape index (κ3) is 5.23. The highest BCUT2D eigenvalue weighted by molar-refractivity contribution is 7.13. The van der Waals surface area contributed by atoms with Crippen molar-refractivity contribution < 1.29 is 23.9 Å². The van der Waals surface area contributed by atoms with Crippen LogP contribution in [0.1, 0.15) is 12.6 Å². The Kier molecular flexibility index (Phi) is 6.21. The van der Waals surface area contributed by atoms with Crippen molar-refractivity contribution in [3.05, 3.63) is 29.3 Å². The molecule has 0 unspecified atom stereocenters. The van der Waals surface area contributed by atoms with E-state index in [0.29, 0.717) is 67.4 Å². The van der Waals surface area contributed by atoms with Gasteiger partial charge in [0.1, 0.15) is 13.2 Å². The van der Waals surface area contributed by atoms with E-state index < -0.39 is 0 Å². The molecular weight excluding hydrogens is 422 g/mol. The van der Waals surface area contributed by atoms with Gasteiger partial charge in [0.2, 0.25) is 11.8 Å². The monoisotopic (exact) mass is 445 g/mol. The molecule has 0 saturated carbocycles. The van der Waals surface area contributed by atoms with Gasteiger partial charge in [0, 0.05) is 50.2 Å². The van der Waals surface area contributed by atoms with Crippen LogP contribution < -0.4 is 20.1 Å². The number of aromatic nitrogens is 1. The van der Waals surface area contributed by atoms with E-state index in [1.165, 1.54) is 18.3 Å². The lowest BCUT2D eigenvalue weighted by Gasteiger charge is -2.33. The van der Waals surface area contributed by atoms with Gasteiger partial charge in [-0.3, -0.25) is 14.9 Å². The van der Waals surface area contributed by atoms with Crippen LogP contribution in [0, 0.1) is 0 Å². The van der Waals surface area contributed by atoms with Gasteiger partial charge in [-0.15, -0.1) is 11.3 Å². The maximum Gasteiger partial charge on any atom is 0.323 e. The SMILES string of the molecule is CC(=O)N1CCN(C(=O)Nc2nc(CC(=O)Nc3ccc4c(c3)OCCO4)cs2)CC1. The summed E-state index contributed by atoms with van der Waals surface area (Å²) in [5.41, 5.74) is 1.18. The second kappa shape index (κ2) is 9.21. The third-order valence-corrected chi connectivity index (χ3v) is 5.75. The molecule has 3 heterocycles. The molecule has 0 bridgehead atoms. The maximum absolute atomic E-state index is 12.4. The Bertz CT molecular complexity index is 986. The van der Waals surface area contributed by atoms with E-state index in [-0.39, 0.29) is 24.3 Å². The summed E-state index contributed by atoms with van der Waals surface area (Å²) in [6.45, 7) is 4.50. The average Bonchev–Trinajstić information content (AvgIpc) is 3.20. The number of piperazine rings is 1. The summed E-state index contributed by atoms with van der Waals surface area (Å²) in [6, 6.07) is 4.98. The minimum absolute atomic E-state index is 0.0131. The highest BCUT2D eigenvalue weighted by Crippen LogP contribution is 2.32. The molecule has 1 aromatic carbocycles. The Balaban J connectivity index is 1.27. The number of ether oxygens (including phenoxy) is 2. The van der Waals surface area contributed by atoms with Gasteiger partial charge in [-0.2, -0.15) is 0 Å². The van der Waals surface area contributed by atoms with Gasteiger partial charge in [0.05, 0.1) is 12.1 Å². The predicted molar refractivity (Wildman–Crippen MR) is 115 cm³/mol. The normalized spacial score (nSPS) is 15.4. The molecule has 2 aromatic rings. The van der Waals surface area contributed by atoms with E-state index in [2.05, 4.69) is 15.6 Å². The Labute approximate surface area is 183 Å². The first-order chi connectivity index (χ1) is 15.0. The second-order valence-corrected chi connectivity index (χ2v) is 8.01. The van der Waals surface area contributed by atoms with Crippen LogP contribution in [0.25, 0.3) is 0 Å². The van der Waals surface area contributed by atoms with Gasteiger partial charge < -0.3 is 24.6 Å². The van der Waals surface area contributed by atoms with Crippen LogP contribution in [0.15, 0.2) is 23.6 Å². The molecule has 1 saturated heterocycles. The van der Waals surface area contributed by atoms with E-state index >= 15 is 0 Å². The number of nitrogens with one attached hydrogen (secondary N) is 2. The van der Waals surface area contributed by atoms with Crippen molar-refractivity contribution in [1.82, 2.24) is 14.8 Å². The highest BCUT2D eigenvalue weighted by Gasteiger charge is 2.23. The number of hydrogen-bond donors (Lipinski definition) is 2. The Morgan fingerprint density at radius 2 is 1.74 bits per heavy atom. The van der Waals surface area contributed by atoms with Crippen LogP contribution in [0.2, 0.25) is 0 Å². The second-order valence-electron chi connectivity index (χ2n) is 7.15. The van der Waals surface area contributed by atoms with Crippen molar-refractivity contribution in [1.29, 1.82) is 0 Å². The lowest BCUT2D eigenvalue weighted by molar-refractivity contribution is -0.130. The van der Waals surface area contributed by atoms with Crippen LogP contribution in [-0.2, 0) is 16.0 Å². The summed E-state index contributed by atoms with van der Waals surface area (Å²) in [6.07, 6.45) is 0.0814. The quantitative estimate of drug-likeness (QED) is 0.742. The smallest absolute Gasteiger partial charge is 0.323 e. The molecule has 0 atom stereocenters. The third-order valence-electron chi connectivity index (χ3n) is 4.95. The number of thiazole rings is 1. The fourth-order valence-corrected chi connectivity index (χ4v) is 4.03. The highest BCUT2D eigenvalue weighted by atomic mass is 32.1. The summed E-state index contributed by atoms with van der Waals surface area (Å²) < 4.78 is 11.0. The van der Waals surface area contributed by atoms with Gasteiger partial charge in [-0.1, -0.05) is 0 Å². The Morgan fingerprint density at radius 1 is 1.03 bits per heavy atom. The van der Waals surface area contributed by atoms with Gasteiger partial charge in [-0.05, 0) is 12.1 Å². The minimum Gasteiger partial charge on any atom is -0.486 e. The number of rotatable bonds is 4. The van der Waals surface area contributed by atoms with Crippen molar-refractivity contribution in [3.8, 4) is 11.5 Å². The van der Waals surface area contributed by atoms with Crippen molar-refractivity contribution in [2.75, 3.05) is 50.0 Å². The van der Waals surface area contributed by atoms with Gasteiger partial charge in [-0.25, -0.2) is 9.78 Å². The van der Waals surface area contributed by atoms with Crippen LogP contribution in [-0.4, -0.2) is 72.0 Å². The zero-order chi connectivity index (χ0) is 21.8. The molecule has 164 valence electrons. The molecule has 1 fully saturated rings. The van der Waals surface area contributed by atoms with Crippen LogP contribution >= 0.6 is 11.3 Å². The summed E-state index contributed by atoms with van der Waals surface area (Å²) in [5, 5.41) is 7.75. The number of amides is 4. The van der Waals surface area contributed by atoms with Crippen molar-refractivity contribution >= 4 is 40.0 Å². The molecule has 2 N–H and O–H groups in total. The number of carbonyl (C=O) groups is 3. The minimum atomic E-state index is -0.259. The molecule has 4 amide bonds. The summed E-state index contributed by atoms with van der Waals surface area (Å²) in [4.78, 5) is 43.9. The standard InChI is InChI=1S/C20H23N5O5S/c1-13(26)24-4-6-25(7-5-24)20(28)23-19-22-15(12-31-19)11-18(27)21-14-2-3-16-17(10-14)30-9-8-29-16/h2-3,10,12H,4-9,11H2,1H3,(H,21,27)(H,22,23,28). The summed E-state index contributed by atoms with van der Waals surface area (Å²) >= 11 is 1.26. The van der Waals surface area contributed by atoms with E-state index in [0.717, 1.165) is 0 Å². The van der Waals surface area contributed by atoms with Crippen molar-refractivity contribution in [2.24, 2.45) is 0 Å². The number of benzene rings is 1. The van der Waals surface area contributed by atoms with E-state index in [9.17, 15) is 14.4 Å². The number of carbonyl (C=O) groups excluding carboxylic acids is 3. The molecule has 0 spiro atoms. The maximum atomic E-state index is 12.4. The number of hydrogen-bond acceptors (Lipinski definition) is 7. The largest absolute Gasteiger partial charge is 0.486 e. The molecule has 0 radical (unpaired) electrons. The first kappa shape index (κ1) is 20.9. The number of urea groups is 1. The fraction of sp³-hybridized carbons (Fsp3) is 0.400. The molecular formula is C20H23N5O5S. The van der Waals surface area contributed by atoms with Gasteiger partial charge >= 0.3 is 6.03 Å². The van der Waals surface area contributed by atoms with Crippen molar-refractivity contribution in [3.63, 3.8) is 0 Å². The molecule has 31 heavy (non-hydrogen) atoms. The molecule has 11 heteroatoms. The summed E-state index contributed by atoms with van der Waals surface area (Å²) in [7, 11) is 0. The fourth-order valence-electron chi connectivity index (χ4n) is 3.33. The first-order valence-corrected chi connectivity index (χ1v) is 10.8. The van der Waals surface area contributed by atoms with Crippen LogP contribution in [0.5, 0.6) is 11.5 Å². The molecule has 10 nitrogen and oxygen atoms in total. The zero-order valence-corrected chi connectivity index (χ0v) is 17.9. The van der Waals surface area contributed by atoms with Crippen LogP contribution in [0.4, 0.5) is 15.6 Å². The van der Waals surface area contributed by atoms with E-state index in [4.69, 9.17) is 9.47 Å². The number of fused-ring (bicyclic) bond motifs is 1. The van der Waals surface area contributed by atoms with Crippen molar-refractivity contribution in [2.45, 2.75) is 13.3 Å². The zero-order valence-electron chi connectivity index (χ0n) is 17.1.